The summed E-state index contributed by atoms with van der Waals surface area (Å²) >= 11 is 2.31. The lowest BCUT2D eigenvalue weighted by Gasteiger charge is -2.23. The number of unbranched alkanes of at least 4 members (excludes halogenated alkanes) is 2. The normalized spacial score (nSPS) is 10.8. The van der Waals surface area contributed by atoms with E-state index in [1.54, 1.807) is 6.92 Å². The summed E-state index contributed by atoms with van der Waals surface area (Å²) < 4.78 is 6.02. The van der Waals surface area contributed by atoms with Gasteiger partial charge in [-0.05, 0) is 72.5 Å². The molecule has 0 aliphatic carbocycles. The molecule has 0 aliphatic rings. The molecule has 0 saturated heterocycles. The molecular formula is C23H26INO3. The van der Waals surface area contributed by atoms with Gasteiger partial charge in [0.05, 0.1) is 6.61 Å². The molecule has 2 aromatic rings. The van der Waals surface area contributed by atoms with Crippen LogP contribution in [0.25, 0.3) is 0 Å². The molecule has 2 rings (SSSR count). The second kappa shape index (κ2) is 12.3. The first-order chi connectivity index (χ1) is 13.6. The van der Waals surface area contributed by atoms with Crippen molar-refractivity contribution in [1.29, 1.82) is 0 Å². The average Bonchev–Trinajstić information content (AvgIpc) is 2.71. The van der Waals surface area contributed by atoms with E-state index >= 15 is 0 Å². The highest BCUT2D eigenvalue weighted by Crippen LogP contribution is 2.17. The van der Waals surface area contributed by atoms with Crippen LogP contribution in [-0.2, 0) is 16.1 Å². The summed E-state index contributed by atoms with van der Waals surface area (Å²) in [5.41, 5.74) is 1.85. The first-order valence-electron chi connectivity index (χ1n) is 9.53. The fraction of sp³-hybridized carbons (Fsp3) is 0.304. The van der Waals surface area contributed by atoms with E-state index in [4.69, 9.17) is 4.74 Å². The van der Waals surface area contributed by atoms with Gasteiger partial charge in [0, 0.05) is 28.3 Å². The summed E-state index contributed by atoms with van der Waals surface area (Å²) in [4.78, 5) is 26.2. The molecule has 0 saturated carbocycles. The van der Waals surface area contributed by atoms with Crippen LogP contribution in [0.15, 0.2) is 66.7 Å². The molecule has 0 heterocycles. The van der Waals surface area contributed by atoms with Crippen molar-refractivity contribution in [2.75, 3.05) is 13.2 Å². The molecular weight excluding hydrogens is 465 g/mol. The van der Waals surface area contributed by atoms with Crippen LogP contribution in [0.4, 0.5) is 0 Å². The maximum atomic E-state index is 13.0. The van der Waals surface area contributed by atoms with Crippen molar-refractivity contribution in [3.05, 3.63) is 81.4 Å². The number of carbonyl (C=O) groups is 2. The van der Waals surface area contributed by atoms with E-state index in [-0.39, 0.29) is 11.9 Å². The van der Waals surface area contributed by atoms with Gasteiger partial charge >= 0.3 is 5.97 Å². The third kappa shape index (κ3) is 7.46. The van der Waals surface area contributed by atoms with Crippen LogP contribution in [0.1, 0.15) is 42.1 Å². The van der Waals surface area contributed by atoms with Gasteiger partial charge in [0.25, 0.3) is 5.91 Å². The summed E-state index contributed by atoms with van der Waals surface area (Å²) in [7, 11) is 0. The van der Waals surface area contributed by atoms with Gasteiger partial charge in [0.15, 0.2) is 0 Å². The fourth-order valence-electron chi connectivity index (χ4n) is 2.78. The number of ether oxygens (including phenoxy) is 1. The van der Waals surface area contributed by atoms with Gasteiger partial charge in [-0.1, -0.05) is 42.5 Å². The Morgan fingerprint density at radius 2 is 1.75 bits per heavy atom. The van der Waals surface area contributed by atoms with Crippen LogP contribution in [-0.4, -0.2) is 29.9 Å². The summed E-state index contributed by atoms with van der Waals surface area (Å²) in [6.45, 7) is 3.44. The number of hydrogen-bond acceptors (Lipinski definition) is 3. The van der Waals surface area contributed by atoms with Gasteiger partial charge < -0.3 is 9.64 Å². The Balaban J connectivity index is 1.96. The predicted molar refractivity (Wildman–Crippen MR) is 120 cm³/mol. The lowest BCUT2D eigenvalue weighted by Crippen LogP contribution is -2.31. The first kappa shape index (κ1) is 22.1. The van der Waals surface area contributed by atoms with Crippen molar-refractivity contribution in [1.82, 2.24) is 4.90 Å². The van der Waals surface area contributed by atoms with Crippen LogP contribution in [0.2, 0.25) is 0 Å². The molecule has 0 aromatic heterocycles. The maximum absolute atomic E-state index is 13.0. The average molecular weight is 491 g/mol. The minimum atomic E-state index is -0.304. The zero-order valence-electron chi connectivity index (χ0n) is 16.1. The fourth-order valence-corrected chi connectivity index (χ4v) is 3.34. The molecule has 0 bridgehead atoms. The highest BCUT2D eigenvalue weighted by atomic mass is 127. The molecule has 0 aliphatic heterocycles. The van der Waals surface area contributed by atoms with Gasteiger partial charge in [0.2, 0.25) is 0 Å². The number of nitrogens with zero attached hydrogens (tertiary/aromatic N) is 1. The first-order valence-corrected chi connectivity index (χ1v) is 10.6. The smallest absolute Gasteiger partial charge is 0.330 e. The minimum absolute atomic E-state index is 0.0438. The van der Waals surface area contributed by atoms with E-state index < -0.39 is 0 Å². The topological polar surface area (TPSA) is 46.6 Å². The standard InChI is InChI=1S/C23H26INO3/c1-2-28-22(26)16-8-3-4-11-17-25(18-20-14-9-10-15-21(20)24)23(27)19-12-6-5-7-13-19/h5-10,12-16H,2-4,11,17-18H2,1H3/b16-8+. The van der Waals surface area contributed by atoms with Crippen LogP contribution >= 0.6 is 22.6 Å². The van der Waals surface area contributed by atoms with E-state index in [0.29, 0.717) is 25.3 Å². The van der Waals surface area contributed by atoms with E-state index in [9.17, 15) is 9.59 Å². The zero-order valence-corrected chi connectivity index (χ0v) is 18.3. The number of allylic oxidation sites excluding steroid dienone is 1. The number of rotatable bonds is 10. The van der Waals surface area contributed by atoms with Crippen LogP contribution in [0.3, 0.4) is 0 Å². The summed E-state index contributed by atoms with van der Waals surface area (Å²) in [6, 6.07) is 17.5. The van der Waals surface area contributed by atoms with Crippen LogP contribution in [0, 0.1) is 3.57 Å². The van der Waals surface area contributed by atoms with Crippen molar-refractivity contribution >= 4 is 34.5 Å². The van der Waals surface area contributed by atoms with E-state index in [1.165, 1.54) is 6.08 Å². The molecule has 0 unspecified atom stereocenters. The Bertz CT molecular complexity index is 789. The molecule has 0 spiro atoms. The maximum Gasteiger partial charge on any atom is 0.330 e. The van der Waals surface area contributed by atoms with Gasteiger partial charge in [-0.3, -0.25) is 4.79 Å². The highest BCUT2D eigenvalue weighted by Gasteiger charge is 2.16. The largest absolute Gasteiger partial charge is 0.463 e. The molecule has 4 nitrogen and oxygen atoms in total. The van der Waals surface area contributed by atoms with Crippen molar-refractivity contribution in [3.8, 4) is 0 Å². The number of esters is 1. The SMILES string of the molecule is CCOC(=O)/C=C/CCCCN(Cc1ccccc1I)C(=O)c1ccccc1. The summed E-state index contributed by atoms with van der Waals surface area (Å²) in [5, 5.41) is 0. The van der Waals surface area contributed by atoms with Gasteiger partial charge in [-0.25, -0.2) is 4.79 Å². The zero-order chi connectivity index (χ0) is 20.2. The number of halogens is 1. The number of amides is 1. The van der Waals surface area contributed by atoms with Crippen molar-refractivity contribution < 1.29 is 14.3 Å². The number of benzene rings is 2. The lowest BCUT2D eigenvalue weighted by molar-refractivity contribution is -0.137. The van der Waals surface area contributed by atoms with E-state index in [1.807, 2.05) is 53.4 Å². The van der Waals surface area contributed by atoms with Crippen molar-refractivity contribution in [3.63, 3.8) is 0 Å². The molecule has 148 valence electrons. The minimum Gasteiger partial charge on any atom is -0.463 e. The third-order valence-corrected chi connectivity index (χ3v) is 5.27. The molecule has 0 N–H and O–H groups in total. The van der Waals surface area contributed by atoms with E-state index in [2.05, 4.69) is 34.7 Å². The Kier molecular flexibility index (Phi) is 9.76. The Hall–Kier alpha value is -2.15. The predicted octanol–water partition coefficient (Wildman–Crippen LogP) is 5.22. The number of hydrogen-bond donors (Lipinski definition) is 0. The molecule has 2 aromatic carbocycles. The highest BCUT2D eigenvalue weighted by molar-refractivity contribution is 14.1. The van der Waals surface area contributed by atoms with Gasteiger partial charge in [-0.15, -0.1) is 0 Å². The molecule has 5 heteroatoms. The Morgan fingerprint density at radius 3 is 2.46 bits per heavy atom. The molecule has 0 radical (unpaired) electrons. The lowest BCUT2D eigenvalue weighted by atomic mass is 10.1. The molecule has 0 fully saturated rings. The van der Waals surface area contributed by atoms with Gasteiger partial charge in [0.1, 0.15) is 0 Å². The van der Waals surface area contributed by atoms with Crippen LogP contribution < -0.4 is 0 Å². The monoisotopic (exact) mass is 491 g/mol. The second-order valence-electron chi connectivity index (χ2n) is 6.33. The number of carbonyl (C=O) groups excluding carboxylic acids is 2. The molecule has 0 atom stereocenters. The van der Waals surface area contributed by atoms with Crippen molar-refractivity contribution in [2.45, 2.75) is 32.7 Å². The summed E-state index contributed by atoms with van der Waals surface area (Å²) in [6.07, 6.45) is 5.87. The Labute approximate surface area is 180 Å². The van der Waals surface area contributed by atoms with Crippen molar-refractivity contribution in [2.24, 2.45) is 0 Å². The molecule has 1 amide bonds. The Morgan fingerprint density at radius 1 is 1.04 bits per heavy atom. The second-order valence-corrected chi connectivity index (χ2v) is 7.50. The quantitative estimate of drug-likeness (QED) is 0.198. The van der Waals surface area contributed by atoms with E-state index in [0.717, 1.165) is 28.4 Å². The summed E-state index contributed by atoms with van der Waals surface area (Å²) in [5.74, 6) is -0.260. The van der Waals surface area contributed by atoms with Gasteiger partial charge in [-0.2, -0.15) is 0 Å². The van der Waals surface area contributed by atoms with Crippen LogP contribution in [0.5, 0.6) is 0 Å². The third-order valence-electron chi connectivity index (χ3n) is 4.22. The molecule has 28 heavy (non-hydrogen) atoms.